The first-order chi connectivity index (χ1) is 5.37. The van der Waals surface area contributed by atoms with E-state index < -0.39 is 33.2 Å². The number of hydrogen-bond donors (Lipinski definition) is 2. The van der Waals surface area contributed by atoms with Crippen molar-refractivity contribution < 1.29 is 34.4 Å². The van der Waals surface area contributed by atoms with Crippen molar-refractivity contribution in [3.63, 3.8) is 0 Å². The molecule has 0 saturated carbocycles. The van der Waals surface area contributed by atoms with Gasteiger partial charge in [0.05, 0.1) is 0 Å². The molecular weight excluding hydrogens is 272 g/mol. The van der Waals surface area contributed by atoms with E-state index in [1.165, 1.54) is 0 Å². The Morgan fingerprint density at radius 2 is 1.08 bits per heavy atom. The maximum Gasteiger partial charge on any atom is 0.325 e. The van der Waals surface area contributed by atoms with Crippen LogP contribution in [0.5, 0.6) is 0 Å². The van der Waals surface area contributed by atoms with Crippen molar-refractivity contribution in [2.24, 2.45) is 0 Å². The molecule has 0 aromatic heterocycles. The van der Waals surface area contributed by atoms with E-state index >= 15 is 0 Å². The zero-order valence-electron chi connectivity index (χ0n) is 5.52. The van der Waals surface area contributed by atoms with Gasteiger partial charge in [-0.25, -0.2) is 8.42 Å². The summed E-state index contributed by atoms with van der Waals surface area (Å²) in [6, 6.07) is 0. The topological polar surface area (TPSA) is 143 Å². The summed E-state index contributed by atoms with van der Waals surface area (Å²) in [7, 11) is -11.9. The van der Waals surface area contributed by atoms with E-state index in [0.29, 0.717) is 0 Å². The third kappa shape index (κ3) is 3.74. The Morgan fingerprint density at radius 1 is 0.846 bits per heavy atom. The molecule has 0 heterocycles. The van der Waals surface area contributed by atoms with Crippen molar-refractivity contribution in [1.82, 2.24) is 0 Å². The average Bonchev–Trinajstić information content (AvgIpc) is 1.44. The summed E-state index contributed by atoms with van der Waals surface area (Å²) in [4.78, 5) is 0. The minimum Gasteiger partial charge on any atom is -0.284 e. The first kappa shape index (κ1) is 13.1. The molecule has 80 valence electrons. The third-order valence-corrected chi connectivity index (χ3v) is 7.76. The third-order valence-electron chi connectivity index (χ3n) is 0.716. The first-order valence-corrected chi connectivity index (χ1v) is 7.61. The van der Waals surface area contributed by atoms with Crippen LogP contribution in [0.1, 0.15) is 0 Å². The molecule has 0 bridgehead atoms. The van der Waals surface area contributed by atoms with E-state index in [-0.39, 0.29) is 0 Å². The molecule has 0 fully saturated rings. The summed E-state index contributed by atoms with van der Waals surface area (Å²) in [5, 5.41) is 0. The Bertz CT molecular complexity index is 401. The molecule has 2 N–H and O–H groups in total. The molecule has 0 aliphatic rings. The van der Waals surface area contributed by atoms with Crippen molar-refractivity contribution in [3.8, 4) is 0 Å². The second kappa shape index (κ2) is 3.33. The quantitative estimate of drug-likeness (QED) is 0.473. The minimum absolute atomic E-state index is 3.48. The fraction of sp³-hybridized carbons (Fsp3) is 1.00. The maximum absolute atomic E-state index is 10.3. The van der Waals surface area contributed by atoms with Gasteiger partial charge in [0, 0.05) is 10.7 Å². The van der Waals surface area contributed by atoms with Gasteiger partial charge < -0.3 is 0 Å². The minimum atomic E-state index is -5.54. The highest BCUT2D eigenvalue weighted by Gasteiger charge is 2.46. The predicted molar refractivity (Wildman–Crippen MR) is 41.7 cm³/mol. The Hall–Kier alpha value is 0.0600. The van der Waals surface area contributed by atoms with Crippen molar-refractivity contribution in [1.29, 1.82) is 0 Å². The first-order valence-electron chi connectivity index (χ1n) is 2.23. The lowest BCUT2D eigenvalue weighted by Gasteiger charge is -2.05. The zero-order chi connectivity index (χ0) is 11.1. The highest BCUT2D eigenvalue weighted by molar-refractivity contribution is 8.30. The molecule has 0 aromatic carbocycles. The molecule has 0 atom stereocenters. The van der Waals surface area contributed by atoms with Gasteiger partial charge in [-0.05, 0) is 0 Å². The summed E-state index contributed by atoms with van der Waals surface area (Å²) >= 11 is 0. The highest BCUT2D eigenvalue weighted by Crippen LogP contribution is 2.18. The van der Waals surface area contributed by atoms with Crippen molar-refractivity contribution in [2.75, 3.05) is 0 Å². The number of rotatable bonds is 3. The van der Waals surface area contributed by atoms with Gasteiger partial charge in [-0.2, -0.15) is 16.8 Å². The van der Waals surface area contributed by atoms with E-state index in [1.807, 2.05) is 0 Å². The molecule has 0 spiro atoms. The molecule has 0 aliphatic heterocycles. The number of hydrogen-bond acceptors (Lipinski definition) is 6. The van der Waals surface area contributed by atoms with Gasteiger partial charge in [-0.3, -0.25) is 9.11 Å². The average molecular weight is 275 g/mol. The standard InChI is InChI=1S/CH3ClO8S3/c2-11(3,4)1(12(5,6)7)13(8,9)10/h1H,(H,5,6,7)(H,8,9,10). The zero-order valence-corrected chi connectivity index (χ0v) is 8.73. The van der Waals surface area contributed by atoms with Crippen LogP contribution in [0.2, 0.25) is 0 Å². The maximum atomic E-state index is 10.3. The lowest BCUT2D eigenvalue weighted by atomic mass is 11.9. The summed E-state index contributed by atoms with van der Waals surface area (Å²) < 4.78 is 74.1. The SMILES string of the molecule is O=S(=O)(O)C(S(=O)(=O)O)S(=O)(=O)Cl. The van der Waals surface area contributed by atoms with Crippen LogP contribution >= 0.6 is 10.7 Å². The molecule has 13 heavy (non-hydrogen) atoms. The molecule has 8 nitrogen and oxygen atoms in total. The molecule has 0 aromatic rings. The summed E-state index contributed by atoms with van der Waals surface area (Å²) in [6.45, 7) is 0. The van der Waals surface area contributed by atoms with Gasteiger partial charge in [0.2, 0.25) is 0 Å². The molecule has 0 radical (unpaired) electrons. The fourth-order valence-corrected chi connectivity index (χ4v) is 5.65. The van der Waals surface area contributed by atoms with E-state index in [4.69, 9.17) is 9.11 Å². The summed E-state index contributed by atoms with van der Waals surface area (Å²) in [6.07, 6.45) is 0. The second-order valence-electron chi connectivity index (χ2n) is 1.79. The van der Waals surface area contributed by atoms with Gasteiger partial charge in [0.15, 0.2) is 0 Å². The van der Waals surface area contributed by atoms with Crippen molar-refractivity contribution in [3.05, 3.63) is 0 Å². The lowest BCUT2D eigenvalue weighted by Crippen LogP contribution is -2.34. The summed E-state index contributed by atoms with van der Waals surface area (Å²) in [5.41, 5.74) is 0. The monoisotopic (exact) mass is 274 g/mol. The van der Waals surface area contributed by atoms with Crippen LogP contribution in [-0.2, 0) is 29.3 Å². The molecular formula is CH3ClO8S3. The van der Waals surface area contributed by atoms with Gasteiger partial charge in [0.25, 0.3) is 9.05 Å². The van der Waals surface area contributed by atoms with Gasteiger partial charge in [-0.1, -0.05) is 0 Å². The molecule has 0 rings (SSSR count). The van der Waals surface area contributed by atoms with E-state index in [2.05, 4.69) is 10.7 Å². The predicted octanol–water partition coefficient (Wildman–Crippen LogP) is -1.39. The van der Waals surface area contributed by atoms with E-state index in [1.54, 1.807) is 0 Å². The van der Waals surface area contributed by atoms with Crippen LogP contribution < -0.4 is 0 Å². The molecule has 0 amide bonds. The fourth-order valence-electron chi connectivity index (χ4n) is 0.444. The van der Waals surface area contributed by atoms with Crippen LogP contribution in [0.25, 0.3) is 0 Å². The largest absolute Gasteiger partial charge is 0.325 e. The van der Waals surface area contributed by atoms with Gasteiger partial charge in [0.1, 0.15) is 0 Å². The van der Waals surface area contributed by atoms with Crippen molar-refractivity contribution >= 4 is 40.0 Å². The van der Waals surface area contributed by atoms with E-state index in [0.717, 1.165) is 0 Å². The van der Waals surface area contributed by atoms with Crippen LogP contribution in [0.4, 0.5) is 0 Å². The molecule has 0 unspecified atom stereocenters. The Kier molecular flexibility index (Phi) is 3.34. The Labute approximate surface area is 78.4 Å². The van der Waals surface area contributed by atoms with Gasteiger partial charge in [-0.15, -0.1) is 0 Å². The van der Waals surface area contributed by atoms with Crippen LogP contribution in [0.3, 0.4) is 0 Å². The van der Waals surface area contributed by atoms with E-state index in [9.17, 15) is 25.3 Å². The molecule has 12 heteroatoms. The second-order valence-corrected chi connectivity index (χ2v) is 8.41. The molecule has 0 aliphatic carbocycles. The Balaban J connectivity index is 5.87. The smallest absolute Gasteiger partial charge is 0.284 e. The van der Waals surface area contributed by atoms with Gasteiger partial charge >= 0.3 is 24.2 Å². The highest BCUT2D eigenvalue weighted by atomic mass is 35.7. The van der Waals surface area contributed by atoms with Crippen LogP contribution in [-0.4, -0.2) is 38.3 Å². The summed E-state index contributed by atoms with van der Waals surface area (Å²) in [5.74, 6) is 0. The molecule has 0 saturated heterocycles. The Morgan fingerprint density at radius 3 is 1.08 bits per heavy atom. The normalized spacial score (nSPS) is 14.8. The van der Waals surface area contributed by atoms with Crippen LogP contribution in [0.15, 0.2) is 0 Å². The van der Waals surface area contributed by atoms with Crippen molar-refractivity contribution in [2.45, 2.75) is 3.91 Å². The lowest BCUT2D eigenvalue weighted by molar-refractivity contribution is 0.465. The van der Waals surface area contributed by atoms with Crippen LogP contribution in [0, 0.1) is 0 Å². The number of halogens is 1.